The van der Waals surface area contributed by atoms with Gasteiger partial charge in [0.2, 0.25) is 5.91 Å². The zero-order valence-corrected chi connectivity index (χ0v) is 7.15. The van der Waals surface area contributed by atoms with E-state index < -0.39 is 0 Å². The zero-order chi connectivity index (χ0) is 8.27. The Bertz CT molecular complexity index is 257. The molecule has 0 atom stereocenters. The Morgan fingerprint density at radius 3 is 3.00 bits per heavy atom. The normalized spacial score (nSPS) is 9.91. The maximum absolute atomic E-state index is 10.4. The highest BCUT2D eigenvalue weighted by atomic mass is 32.1. The molecule has 60 valence electrons. The summed E-state index contributed by atoms with van der Waals surface area (Å²) in [6.45, 7) is 1.93. The lowest BCUT2D eigenvalue weighted by molar-refractivity contribution is -0.117. The average molecular weight is 170 g/mol. The van der Waals surface area contributed by atoms with E-state index >= 15 is 0 Å². The Hall–Kier alpha value is -0.900. The summed E-state index contributed by atoms with van der Waals surface area (Å²) in [7, 11) is 0. The lowest BCUT2D eigenvalue weighted by atomic mass is 10.2. The van der Waals surface area contributed by atoms with Gasteiger partial charge in [-0.3, -0.25) is 4.79 Å². The van der Waals surface area contributed by atoms with Gasteiger partial charge >= 0.3 is 0 Å². The number of hydrogen-bond acceptors (Lipinski definition) is 3. The van der Waals surface area contributed by atoms with Crippen molar-refractivity contribution in [3.05, 3.63) is 16.6 Å². The van der Waals surface area contributed by atoms with E-state index in [4.69, 9.17) is 5.73 Å². The Balaban J connectivity index is 2.45. The number of rotatable bonds is 3. The van der Waals surface area contributed by atoms with E-state index in [1.165, 1.54) is 11.5 Å². The Morgan fingerprint density at radius 2 is 2.55 bits per heavy atom. The molecule has 0 aliphatic carbocycles. The van der Waals surface area contributed by atoms with Crippen molar-refractivity contribution in [2.75, 3.05) is 0 Å². The third-order valence-corrected chi connectivity index (χ3v) is 2.23. The second-order valence-electron chi connectivity index (χ2n) is 2.40. The van der Waals surface area contributed by atoms with Crippen molar-refractivity contribution >= 4 is 17.4 Å². The zero-order valence-electron chi connectivity index (χ0n) is 6.33. The predicted octanol–water partition coefficient (Wildman–Crippen LogP) is 0.869. The molecule has 1 rings (SSSR count). The number of nitrogens with zero attached hydrogens (tertiary/aromatic N) is 1. The van der Waals surface area contributed by atoms with Crippen LogP contribution in [-0.4, -0.2) is 10.3 Å². The number of carbonyl (C=O) groups is 1. The minimum atomic E-state index is -0.254. The second kappa shape index (κ2) is 3.48. The van der Waals surface area contributed by atoms with Crippen LogP contribution in [0.25, 0.3) is 0 Å². The van der Waals surface area contributed by atoms with E-state index in [2.05, 4.69) is 4.37 Å². The fourth-order valence-electron chi connectivity index (χ4n) is 0.781. The largest absolute Gasteiger partial charge is 0.370 e. The van der Waals surface area contributed by atoms with Crippen LogP contribution < -0.4 is 5.73 Å². The highest BCUT2D eigenvalue weighted by Gasteiger charge is 1.99. The van der Waals surface area contributed by atoms with Gasteiger partial charge in [0.15, 0.2) is 0 Å². The van der Waals surface area contributed by atoms with Crippen LogP contribution in [0, 0.1) is 6.92 Å². The summed E-state index contributed by atoms with van der Waals surface area (Å²) in [6, 6.07) is 1.98. The molecule has 0 saturated heterocycles. The number of aryl methyl sites for hydroxylation is 2. The van der Waals surface area contributed by atoms with Crippen LogP contribution in [0.5, 0.6) is 0 Å². The fourth-order valence-corrected chi connectivity index (χ4v) is 1.51. The fraction of sp³-hybridized carbons (Fsp3) is 0.429. The van der Waals surface area contributed by atoms with Crippen LogP contribution in [0.4, 0.5) is 0 Å². The van der Waals surface area contributed by atoms with E-state index in [-0.39, 0.29) is 5.91 Å². The summed E-state index contributed by atoms with van der Waals surface area (Å²) < 4.78 is 4.08. The third kappa shape index (κ3) is 2.67. The van der Waals surface area contributed by atoms with Gasteiger partial charge in [-0.1, -0.05) is 0 Å². The van der Waals surface area contributed by atoms with Crippen LogP contribution >= 0.6 is 11.5 Å². The van der Waals surface area contributed by atoms with Gasteiger partial charge in [-0.15, -0.1) is 0 Å². The van der Waals surface area contributed by atoms with Crippen LogP contribution in [-0.2, 0) is 11.2 Å². The molecule has 1 amide bonds. The van der Waals surface area contributed by atoms with E-state index in [1.54, 1.807) is 0 Å². The van der Waals surface area contributed by atoms with E-state index in [9.17, 15) is 4.79 Å². The summed E-state index contributed by atoms with van der Waals surface area (Å²) >= 11 is 1.43. The molecule has 0 aliphatic heterocycles. The summed E-state index contributed by atoms with van der Waals surface area (Å²) in [5.74, 6) is -0.254. The van der Waals surface area contributed by atoms with Gasteiger partial charge in [-0.2, -0.15) is 4.37 Å². The van der Waals surface area contributed by atoms with E-state index in [0.717, 1.165) is 17.0 Å². The maximum atomic E-state index is 10.4. The summed E-state index contributed by atoms with van der Waals surface area (Å²) in [4.78, 5) is 11.5. The molecule has 1 aromatic heterocycles. The molecule has 0 aromatic carbocycles. The van der Waals surface area contributed by atoms with Crippen LogP contribution in [0.2, 0.25) is 0 Å². The molecule has 4 heteroatoms. The molecule has 3 nitrogen and oxygen atoms in total. The number of primary amides is 1. The predicted molar refractivity (Wildman–Crippen MR) is 44.4 cm³/mol. The molecule has 0 radical (unpaired) electrons. The highest BCUT2D eigenvalue weighted by molar-refractivity contribution is 7.05. The molecule has 1 heterocycles. The summed E-state index contributed by atoms with van der Waals surface area (Å²) in [5, 5.41) is 0. The SMILES string of the molecule is Cc1cc(CCC(N)=O)sn1. The van der Waals surface area contributed by atoms with Crippen LogP contribution in [0.1, 0.15) is 17.0 Å². The van der Waals surface area contributed by atoms with Crippen LogP contribution in [0.3, 0.4) is 0 Å². The molecular weight excluding hydrogens is 160 g/mol. The molecule has 11 heavy (non-hydrogen) atoms. The van der Waals surface area contributed by atoms with Crippen molar-refractivity contribution < 1.29 is 4.79 Å². The minimum Gasteiger partial charge on any atom is -0.370 e. The maximum Gasteiger partial charge on any atom is 0.217 e. The molecule has 1 aromatic rings. The van der Waals surface area contributed by atoms with Crippen molar-refractivity contribution in [3.8, 4) is 0 Å². The van der Waals surface area contributed by atoms with Gasteiger partial charge in [-0.25, -0.2) is 0 Å². The van der Waals surface area contributed by atoms with Crippen molar-refractivity contribution in [2.24, 2.45) is 5.73 Å². The molecule has 0 saturated carbocycles. The number of aromatic nitrogens is 1. The highest BCUT2D eigenvalue weighted by Crippen LogP contribution is 2.10. The first-order valence-corrected chi connectivity index (χ1v) is 4.16. The quantitative estimate of drug-likeness (QED) is 0.731. The first-order valence-electron chi connectivity index (χ1n) is 3.39. The van der Waals surface area contributed by atoms with Crippen molar-refractivity contribution in [2.45, 2.75) is 19.8 Å². The minimum absolute atomic E-state index is 0.254. The van der Waals surface area contributed by atoms with Crippen molar-refractivity contribution in [1.29, 1.82) is 0 Å². The Kier molecular flexibility index (Phi) is 2.59. The lowest BCUT2D eigenvalue weighted by Gasteiger charge is -1.89. The molecule has 0 fully saturated rings. The van der Waals surface area contributed by atoms with Crippen molar-refractivity contribution in [3.63, 3.8) is 0 Å². The summed E-state index contributed by atoms with van der Waals surface area (Å²) in [6.07, 6.45) is 1.14. The first kappa shape index (κ1) is 8.20. The Morgan fingerprint density at radius 1 is 1.82 bits per heavy atom. The standard InChI is InChI=1S/C7H10N2OS/c1-5-4-6(11-9-5)2-3-7(8)10/h4H,2-3H2,1H3,(H2,8,10). The molecular formula is C7H10N2OS. The lowest BCUT2D eigenvalue weighted by Crippen LogP contribution is -2.10. The van der Waals surface area contributed by atoms with E-state index in [0.29, 0.717) is 6.42 Å². The third-order valence-electron chi connectivity index (χ3n) is 1.29. The molecule has 2 N–H and O–H groups in total. The molecule has 0 spiro atoms. The number of amides is 1. The van der Waals surface area contributed by atoms with Gasteiger partial charge < -0.3 is 5.73 Å². The van der Waals surface area contributed by atoms with Gasteiger partial charge in [0.05, 0.1) is 5.69 Å². The Labute approximate surface area is 69.4 Å². The molecule has 0 unspecified atom stereocenters. The van der Waals surface area contributed by atoms with Gasteiger partial charge in [-0.05, 0) is 30.9 Å². The monoisotopic (exact) mass is 170 g/mol. The number of carbonyl (C=O) groups excluding carboxylic acids is 1. The van der Waals surface area contributed by atoms with Gasteiger partial charge in [0.25, 0.3) is 0 Å². The van der Waals surface area contributed by atoms with E-state index in [1.807, 2.05) is 13.0 Å². The first-order chi connectivity index (χ1) is 5.18. The number of hydrogen-bond donors (Lipinski definition) is 1. The average Bonchev–Trinajstić information content (AvgIpc) is 2.31. The smallest absolute Gasteiger partial charge is 0.217 e. The second-order valence-corrected chi connectivity index (χ2v) is 3.29. The summed E-state index contributed by atoms with van der Waals surface area (Å²) in [5.41, 5.74) is 6.00. The van der Waals surface area contributed by atoms with Gasteiger partial charge in [0.1, 0.15) is 0 Å². The molecule has 0 aliphatic rings. The topological polar surface area (TPSA) is 56.0 Å². The molecule has 0 bridgehead atoms. The van der Waals surface area contributed by atoms with Gasteiger partial charge in [0, 0.05) is 11.3 Å². The number of nitrogens with two attached hydrogens (primary N) is 1. The van der Waals surface area contributed by atoms with Crippen LogP contribution in [0.15, 0.2) is 6.07 Å². The van der Waals surface area contributed by atoms with Crippen molar-refractivity contribution in [1.82, 2.24) is 4.37 Å².